The monoisotopic (exact) mass is 450 g/mol. The summed E-state index contributed by atoms with van der Waals surface area (Å²) < 4.78 is 5.50. The summed E-state index contributed by atoms with van der Waals surface area (Å²) in [5.41, 5.74) is 11.5. The third-order valence-corrected chi connectivity index (χ3v) is 6.09. The van der Waals surface area contributed by atoms with Crippen LogP contribution in [0.2, 0.25) is 10.0 Å². The molecule has 3 aromatic rings. The maximum absolute atomic E-state index is 12.2. The van der Waals surface area contributed by atoms with E-state index in [1.165, 1.54) is 22.3 Å². The molecular formula is C25H20Cl2N2O2. The van der Waals surface area contributed by atoms with Gasteiger partial charge < -0.3 is 15.8 Å². The van der Waals surface area contributed by atoms with Crippen LogP contribution in [0.1, 0.15) is 29.0 Å². The number of rotatable bonds is 4. The quantitative estimate of drug-likeness (QED) is 0.297. The van der Waals surface area contributed by atoms with Gasteiger partial charge in [0, 0.05) is 24.4 Å². The van der Waals surface area contributed by atoms with Gasteiger partial charge in [0.2, 0.25) is 0 Å². The second kappa shape index (κ2) is 9.34. The third-order valence-electron chi connectivity index (χ3n) is 5.20. The Morgan fingerprint density at radius 2 is 1.61 bits per heavy atom. The second-order valence-corrected chi connectivity index (χ2v) is 7.89. The minimum Gasteiger partial charge on any atom is -0.449 e. The average Bonchev–Trinajstić information content (AvgIpc) is 3.11. The topological polar surface area (TPSA) is 64.3 Å². The number of nitrogens with one attached hydrogen (secondary N) is 1. The van der Waals surface area contributed by atoms with E-state index in [1.807, 2.05) is 24.3 Å². The fourth-order valence-electron chi connectivity index (χ4n) is 3.70. The zero-order chi connectivity index (χ0) is 21.8. The van der Waals surface area contributed by atoms with E-state index in [-0.39, 0.29) is 12.5 Å². The summed E-state index contributed by atoms with van der Waals surface area (Å²) >= 11 is 12.2. The van der Waals surface area contributed by atoms with Crippen LogP contribution in [0.3, 0.4) is 0 Å². The molecule has 6 heteroatoms. The molecule has 4 rings (SSSR count). The minimum atomic E-state index is -0.461. The Bertz CT molecular complexity index is 1150. The molecule has 4 nitrogen and oxygen atoms in total. The summed E-state index contributed by atoms with van der Waals surface area (Å²) in [6.45, 7) is 0.648. The number of carbonyl (C=O) groups excluding carboxylic acids is 1. The highest BCUT2D eigenvalue weighted by atomic mass is 35.5. The molecule has 0 saturated carbocycles. The predicted octanol–water partition coefficient (Wildman–Crippen LogP) is 5.86. The van der Waals surface area contributed by atoms with Crippen LogP contribution >= 0.6 is 23.2 Å². The van der Waals surface area contributed by atoms with Crippen LogP contribution < -0.4 is 11.1 Å². The standard InChI is InChI=1S/C25H20Cl2N2O2/c26-23-16(12-13-22(28)24(23)27)7-5-6-14-29-25(30)31-15-21-19-10-3-1-8-17(19)18-9-2-4-11-20(18)21/h1-4,8-13,21H,6,14-15,28H2,(H,29,30). The van der Waals surface area contributed by atoms with Crippen molar-refractivity contribution in [3.8, 4) is 23.0 Å². The van der Waals surface area contributed by atoms with E-state index in [0.717, 1.165) is 0 Å². The van der Waals surface area contributed by atoms with E-state index in [9.17, 15) is 4.79 Å². The lowest BCUT2D eigenvalue weighted by Gasteiger charge is -2.14. The van der Waals surface area contributed by atoms with Crippen LogP contribution in [0.15, 0.2) is 60.7 Å². The molecule has 0 bridgehead atoms. The molecule has 0 heterocycles. The molecule has 1 aliphatic rings. The zero-order valence-corrected chi connectivity index (χ0v) is 18.1. The fraction of sp³-hybridized carbons (Fsp3) is 0.160. The van der Waals surface area contributed by atoms with E-state index in [1.54, 1.807) is 12.1 Å². The number of fused-ring (bicyclic) bond motifs is 3. The maximum atomic E-state index is 12.2. The Morgan fingerprint density at radius 3 is 2.29 bits per heavy atom. The van der Waals surface area contributed by atoms with Gasteiger partial charge in [-0.05, 0) is 34.4 Å². The first-order chi connectivity index (χ1) is 15.1. The molecule has 0 aromatic heterocycles. The van der Waals surface area contributed by atoms with E-state index in [2.05, 4.69) is 41.4 Å². The molecular weight excluding hydrogens is 431 g/mol. The van der Waals surface area contributed by atoms with Gasteiger partial charge in [-0.3, -0.25) is 0 Å². The van der Waals surface area contributed by atoms with Crippen molar-refractivity contribution < 1.29 is 9.53 Å². The molecule has 0 fully saturated rings. The van der Waals surface area contributed by atoms with Crippen molar-refractivity contribution in [2.75, 3.05) is 18.9 Å². The molecule has 1 amide bonds. The van der Waals surface area contributed by atoms with Gasteiger partial charge in [-0.15, -0.1) is 0 Å². The van der Waals surface area contributed by atoms with Crippen LogP contribution in [0, 0.1) is 11.8 Å². The molecule has 0 aliphatic heterocycles. The Morgan fingerprint density at radius 1 is 0.968 bits per heavy atom. The van der Waals surface area contributed by atoms with Gasteiger partial charge in [-0.25, -0.2) is 4.79 Å². The highest BCUT2D eigenvalue weighted by molar-refractivity contribution is 6.44. The van der Waals surface area contributed by atoms with E-state index < -0.39 is 6.09 Å². The first-order valence-corrected chi connectivity index (χ1v) is 10.6. The van der Waals surface area contributed by atoms with Crippen molar-refractivity contribution in [1.82, 2.24) is 5.32 Å². The number of nitrogens with two attached hydrogens (primary N) is 1. The van der Waals surface area contributed by atoms with Gasteiger partial charge in [0.25, 0.3) is 0 Å². The smallest absolute Gasteiger partial charge is 0.407 e. The number of nitrogen functional groups attached to an aromatic ring is 1. The number of hydrogen-bond donors (Lipinski definition) is 2. The number of alkyl carbamates (subject to hydrolysis) is 1. The van der Waals surface area contributed by atoms with Gasteiger partial charge in [-0.1, -0.05) is 83.6 Å². The predicted molar refractivity (Wildman–Crippen MR) is 125 cm³/mol. The first kappa shape index (κ1) is 21.1. The van der Waals surface area contributed by atoms with Crippen molar-refractivity contribution >= 4 is 35.0 Å². The number of anilines is 1. The molecule has 1 aliphatic carbocycles. The zero-order valence-electron chi connectivity index (χ0n) is 16.6. The van der Waals surface area contributed by atoms with Crippen LogP contribution in [0.25, 0.3) is 11.1 Å². The molecule has 156 valence electrons. The molecule has 0 unspecified atom stereocenters. The Hall–Kier alpha value is -3.13. The molecule has 0 atom stereocenters. The Labute approximate surface area is 191 Å². The van der Waals surface area contributed by atoms with E-state index in [4.69, 9.17) is 33.7 Å². The van der Waals surface area contributed by atoms with Crippen LogP contribution in [0.5, 0.6) is 0 Å². The highest BCUT2D eigenvalue weighted by Crippen LogP contribution is 2.44. The third kappa shape index (κ3) is 4.49. The van der Waals surface area contributed by atoms with Gasteiger partial charge in [-0.2, -0.15) is 0 Å². The van der Waals surface area contributed by atoms with Crippen LogP contribution in [-0.4, -0.2) is 19.2 Å². The van der Waals surface area contributed by atoms with Crippen molar-refractivity contribution in [1.29, 1.82) is 0 Å². The van der Waals surface area contributed by atoms with Gasteiger partial charge in [0.1, 0.15) is 6.61 Å². The molecule has 3 N–H and O–H groups in total. The van der Waals surface area contributed by atoms with Crippen LogP contribution in [-0.2, 0) is 4.74 Å². The van der Waals surface area contributed by atoms with Gasteiger partial charge in [0.05, 0.1) is 15.7 Å². The lowest BCUT2D eigenvalue weighted by Crippen LogP contribution is -2.26. The SMILES string of the molecule is Nc1ccc(C#CCCNC(=O)OCC2c3ccccc3-c3ccccc32)c(Cl)c1Cl. The van der Waals surface area contributed by atoms with Crippen molar-refractivity contribution in [3.05, 3.63) is 87.4 Å². The maximum Gasteiger partial charge on any atom is 0.407 e. The number of ether oxygens (including phenoxy) is 1. The molecule has 0 saturated heterocycles. The summed E-state index contributed by atoms with van der Waals surface area (Å²) in [6.07, 6.45) is -0.0140. The number of amides is 1. The van der Waals surface area contributed by atoms with Crippen molar-refractivity contribution in [2.45, 2.75) is 12.3 Å². The summed E-state index contributed by atoms with van der Waals surface area (Å²) in [5, 5.41) is 3.36. The fourth-order valence-corrected chi connectivity index (χ4v) is 4.08. The average molecular weight is 451 g/mol. The second-order valence-electron chi connectivity index (χ2n) is 7.13. The van der Waals surface area contributed by atoms with Crippen molar-refractivity contribution in [2.24, 2.45) is 0 Å². The summed E-state index contributed by atoms with van der Waals surface area (Å²) in [6, 6.07) is 19.8. The normalized spacial score (nSPS) is 11.8. The number of carbonyl (C=O) groups is 1. The first-order valence-electron chi connectivity index (χ1n) is 9.87. The minimum absolute atomic E-state index is 0.0374. The van der Waals surface area contributed by atoms with Crippen LogP contribution in [0.4, 0.5) is 10.5 Å². The van der Waals surface area contributed by atoms with E-state index in [0.29, 0.717) is 34.3 Å². The van der Waals surface area contributed by atoms with Crippen molar-refractivity contribution in [3.63, 3.8) is 0 Å². The molecule has 0 spiro atoms. The highest BCUT2D eigenvalue weighted by Gasteiger charge is 2.28. The Balaban J connectivity index is 1.30. The summed E-state index contributed by atoms with van der Waals surface area (Å²) in [5.74, 6) is 5.94. The number of halogens is 2. The molecule has 3 aromatic carbocycles. The molecule has 31 heavy (non-hydrogen) atoms. The number of hydrogen-bond acceptors (Lipinski definition) is 3. The van der Waals surface area contributed by atoms with E-state index >= 15 is 0 Å². The molecule has 0 radical (unpaired) electrons. The lowest BCUT2D eigenvalue weighted by molar-refractivity contribution is 0.143. The number of benzene rings is 3. The largest absolute Gasteiger partial charge is 0.449 e. The summed E-state index contributed by atoms with van der Waals surface area (Å²) in [4.78, 5) is 12.2. The van der Waals surface area contributed by atoms with Gasteiger partial charge >= 0.3 is 6.09 Å². The Kier molecular flexibility index (Phi) is 6.36. The summed E-state index contributed by atoms with van der Waals surface area (Å²) in [7, 11) is 0. The van der Waals surface area contributed by atoms with Gasteiger partial charge in [0.15, 0.2) is 0 Å². The lowest BCUT2D eigenvalue weighted by atomic mass is 9.98.